The number of aliphatic hydroxyl groups is 1. The molecule has 0 amide bonds. The second-order valence-electron chi connectivity index (χ2n) is 8.23. The fraction of sp³-hybridized carbons (Fsp3) is 0.500. The van der Waals surface area contributed by atoms with Crippen LogP contribution in [0.3, 0.4) is 0 Å². The van der Waals surface area contributed by atoms with Gasteiger partial charge in [-0.25, -0.2) is 0 Å². The summed E-state index contributed by atoms with van der Waals surface area (Å²) in [6, 6.07) is 9.39. The zero-order valence-corrected chi connectivity index (χ0v) is 16.1. The van der Waals surface area contributed by atoms with Crippen LogP contribution in [-0.2, 0) is 15.1 Å². The average molecular weight is 377 g/mol. The van der Waals surface area contributed by atoms with E-state index < -0.39 is 11.0 Å². The molecule has 2 saturated heterocycles. The van der Waals surface area contributed by atoms with E-state index in [1.807, 2.05) is 24.3 Å². The number of esters is 1. The number of carbonyl (C=O) groups is 1. The Hall–Kier alpha value is -2.49. The van der Waals surface area contributed by atoms with E-state index >= 15 is 0 Å². The summed E-state index contributed by atoms with van der Waals surface area (Å²) >= 11 is 0. The minimum absolute atomic E-state index is 0.0854. The highest BCUT2D eigenvalue weighted by Crippen LogP contribution is 2.59. The van der Waals surface area contributed by atoms with E-state index in [0.29, 0.717) is 25.1 Å². The Bertz CT molecular complexity index is 977. The lowest BCUT2D eigenvalue weighted by atomic mass is 9.56. The highest BCUT2D eigenvalue weighted by molar-refractivity contribution is 6.16. The number of hydrogen-bond acceptors (Lipinski definition) is 6. The minimum Gasteiger partial charge on any atom is -0.468 e. The monoisotopic (exact) mass is 377 g/mol. The molecular weight excluding hydrogens is 354 g/mol. The van der Waals surface area contributed by atoms with Crippen LogP contribution in [-0.4, -0.2) is 47.4 Å². The first-order chi connectivity index (χ1) is 13.5. The Balaban J connectivity index is 1.80. The van der Waals surface area contributed by atoms with Crippen LogP contribution in [0.1, 0.15) is 31.7 Å². The summed E-state index contributed by atoms with van der Waals surface area (Å²) in [6.07, 6.45) is 3.80. The molecular formula is C22H23N3O3. The molecule has 0 aromatic heterocycles. The van der Waals surface area contributed by atoms with Crippen LogP contribution >= 0.6 is 0 Å². The van der Waals surface area contributed by atoms with Crippen molar-refractivity contribution in [1.82, 2.24) is 4.90 Å². The normalized spacial score (nSPS) is 39.8. The van der Waals surface area contributed by atoms with Crippen molar-refractivity contribution in [2.45, 2.75) is 43.9 Å². The minimum atomic E-state index is -1.32. The number of fused-ring (bicyclic) bond motifs is 3. The second kappa shape index (κ2) is 5.76. The van der Waals surface area contributed by atoms with Crippen molar-refractivity contribution >= 4 is 17.4 Å². The van der Waals surface area contributed by atoms with Gasteiger partial charge in [0.2, 0.25) is 0 Å². The fourth-order valence-electron chi connectivity index (χ4n) is 6.05. The lowest BCUT2D eigenvalue weighted by Crippen LogP contribution is -2.67. The van der Waals surface area contributed by atoms with E-state index in [0.717, 1.165) is 23.2 Å². The number of ether oxygens (including phenoxy) is 1. The molecule has 2 fully saturated rings. The number of carbonyl (C=O) groups excluding carboxylic acids is 1. The molecule has 144 valence electrons. The molecule has 6 rings (SSSR count). The standard InChI is InChI=1S/C22H23N3O3/c1-3-13-10-14-11-21(20(26)28-2)18(13)25(17(14)12-23)9-8-22(27)15-6-4-5-7-16(15)24-19(21)22/h4-7,10,14,17-18,27H,3,8-9,11H2,1-2H3/t14-,17?,18+,21+,22+/m0/s1. The zero-order chi connectivity index (χ0) is 19.7. The molecule has 6 atom stereocenters. The first kappa shape index (κ1) is 17.6. The first-order valence-electron chi connectivity index (χ1n) is 9.87. The summed E-state index contributed by atoms with van der Waals surface area (Å²) in [5.74, 6) is -0.451. The molecule has 4 heterocycles. The molecule has 1 N–H and O–H groups in total. The first-order valence-corrected chi connectivity index (χ1v) is 9.87. The van der Waals surface area contributed by atoms with Gasteiger partial charge in [0.25, 0.3) is 0 Å². The summed E-state index contributed by atoms with van der Waals surface area (Å²) in [6.45, 7) is 2.60. The summed E-state index contributed by atoms with van der Waals surface area (Å²) in [4.78, 5) is 20.3. The van der Waals surface area contributed by atoms with Crippen molar-refractivity contribution in [1.29, 1.82) is 5.26 Å². The topological polar surface area (TPSA) is 85.9 Å². The molecule has 2 unspecified atom stereocenters. The number of benzene rings is 1. The van der Waals surface area contributed by atoms with Crippen molar-refractivity contribution in [2.75, 3.05) is 13.7 Å². The van der Waals surface area contributed by atoms with Gasteiger partial charge >= 0.3 is 5.97 Å². The number of hydrogen-bond donors (Lipinski definition) is 1. The number of nitriles is 1. The quantitative estimate of drug-likeness (QED) is 0.632. The molecule has 0 spiro atoms. The summed E-state index contributed by atoms with van der Waals surface area (Å²) in [5.41, 5.74) is 0.711. The molecule has 0 saturated carbocycles. The van der Waals surface area contributed by atoms with Crippen molar-refractivity contribution in [3.8, 4) is 6.07 Å². The molecule has 6 nitrogen and oxygen atoms in total. The van der Waals surface area contributed by atoms with E-state index in [1.165, 1.54) is 7.11 Å². The third-order valence-electron chi connectivity index (χ3n) is 7.12. The molecule has 0 radical (unpaired) electrons. The number of methoxy groups -OCH3 is 1. The van der Waals surface area contributed by atoms with Crippen LogP contribution < -0.4 is 0 Å². The van der Waals surface area contributed by atoms with E-state index in [-0.39, 0.29) is 24.0 Å². The van der Waals surface area contributed by atoms with Gasteiger partial charge in [0.05, 0.1) is 30.6 Å². The van der Waals surface area contributed by atoms with E-state index in [9.17, 15) is 15.2 Å². The van der Waals surface area contributed by atoms with Crippen molar-refractivity contribution in [2.24, 2.45) is 16.3 Å². The maximum absolute atomic E-state index is 13.4. The van der Waals surface area contributed by atoms with Crippen LogP contribution in [0.2, 0.25) is 0 Å². The van der Waals surface area contributed by atoms with Gasteiger partial charge < -0.3 is 9.84 Å². The molecule has 4 bridgehead atoms. The third kappa shape index (κ3) is 1.88. The van der Waals surface area contributed by atoms with Crippen LogP contribution in [0.25, 0.3) is 0 Å². The van der Waals surface area contributed by atoms with Crippen molar-refractivity contribution in [3.05, 3.63) is 41.5 Å². The van der Waals surface area contributed by atoms with Gasteiger partial charge in [0.1, 0.15) is 17.1 Å². The predicted molar refractivity (Wildman–Crippen MR) is 103 cm³/mol. The maximum atomic E-state index is 13.4. The highest BCUT2D eigenvalue weighted by Gasteiger charge is 2.68. The van der Waals surface area contributed by atoms with E-state index in [4.69, 9.17) is 9.73 Å². The molecule has 28 heavy (non-hydrogen) atoms. The van der Waals surface area contributed by atoms with Gasteiger partial charge in [0, 0.05) is 18.0 Å². The van der Waals surface area contributed by atoms with Crippen LogP contribution in [0, 0.1) is 22.7 Å². The second-order valence-corrected chi connectivity index (χ2v) is 8.23. The summed E-state index contributed by atoms with van der Waals surface area (Å²) < 4.78 is 5.32. The Morgan fingerprint density at radius 3 is 2.96 bits per heavy atom. The van der Waals surface area contributed by atoms with Gasteiger partial charge in [-0.05, 0) is 25.3 Å². The number of aliphatic imine (C=N–C) groups is 1. The SMILES string of the molecule is CCC1=C[C@H]2C[C@]3(C(=O)OC)C4=Nc5ccccc5[C@]4(O)CCN(C2C#N)[C@H]13. The molecule has 1 aromatic rings. The van der Waals surface area contributed by atoms with Crippen molar-refractivity contribution < 1.29 is 14.6 Å². The fourth-order valence-corrected chi connectivity index (χ4v) is 6.05. The van der Waals surface area contributed by atoms with Gasteiger partial charge in [0.15, 0.2) is 0 Å². The largest absolute Gasteiger partial charge is 0.468 e. The van der Waals surface area contributed by atoms with Gasteiger partial charge in [-0.2, -0.15) is 5.26 Å². The zero-order valence-electron chi connectivity index (χ0n) is 16.1. The molecule has 5 aliphatic rings. The van der Waals surface area contributed by atoms with Crippen LogP contribution in [0.5, 0.6) is 0 Å². The molecule has 6 heteroatoms. The Morgan fingerprint density at radius 1 is 1.46 bits per heavy atom. The van der Waals surface area contributed by atoms with Crippen molar-refractivity contribution in [3.63, 3.8) is 0 Å². The van der Waals surface area contributed by atoms with Gasteiger partial charge in [-0.15, -0.1) is 0 Å². The molecule has 1 aliphatic carbocycles. The Morgan fingerprint density at radius 2 is 2.25 bits per heavy atom. The van der Waals surface area contributed by atoms with Gasteiger partial charge in [-0.3, -0.25) is 14.7 Å². The van der Waals surface area contributed by atoms with Gasteiger partial charge in [-0.1, -0.05) is 36.8 Å². The predicted octanol–water partition coefficient (Wildman–Crippen LogP) is 2.46. The molecule has 4 aliphatic heterocycles. The van der Waals surface area contributed by atoms with E-state index in [1.54, 1.807) is 0 Å². The third-order valence-corrected chi connectivity index (χ3v) is 7.12. The lowest BCUT2D eigenvalue weighted by molar-refractivity contribution is -0.156. The maximum Gasteiger partial charge on any atom is 0.319 e. The number of nitrogens with zero attached hydrogens (tertiary/aromatic N) is 3. The highest BCUT2D eigenvalue weighted by atomic mass is 16.5. The number of piperidine rings is 1. The Labute approximate surface area is 164 Å². The average Bonchev–Trinajstić information content (AvgIpc) is 2.99. The number of para-hydroxylation sites is 1. The Kier molecular flexibility index (Phi) is 3.62. The van der Waals surface area contributed by atoms with Crippen LogP contribution in [0.15, 0.2) is 40.9 Å². The summed E-state index contributed by atoms with van der Waals surface area (Å²) in [7, 11) is 1.40. The number of rotatable bonds is 2. The molecule has 1 aromatic carbocycles. The smallest absolute Gasteiger partial charge is 0.319 e. The summed E-state index contributed by atoms with van der Waals surface area (Å²) in [5, 5.41) is 21.7. The van der Waals surface area contributed by atoms with Crippen LogP contribution in [0.4, 0.5) is 5.69 Å². The lowest BCUT2D eigenvalue weighted by Gasteiger charge is -2.56. The van der Waals surface area contributed by atoms with E-state index in [2.05, 4.69) is 24.0 Å².